The van der Waals surface area contributed by atoms with E-state index in [1.165, 1.54) is 18.2 Å². The number of nitrogens with zero attached hydrogens (tertiary/aromatic N) is 1. The van der Waals surface area contributed by atoms with Crippen LogP contribution in [0.1, 0.15) is 12.0 Å². The van der Waals surface area contributed by atoms with Crippen molar-refractivity contribution in [1.82, 2.24) is 9.71 Å². The van der Waals surface area contributed by atoms with Crippen molar-refractivity contribution in [2.24, 2.45) is 0 Å². The molecule has 1 aromatic heterocycles. The molecule has 0 radical (unpaired) electrons. The standard InChI is InChI=1S/C15H15F3N2O3S/c16-15(17,18)9-10-19-24(21,22)14-8-4-7-13(20-14)23-11-12-5-2-1-3-6-12/h1-8,19H,9-11H2. The molecule has 0 spiro atoms. The molecular formula is C15H15F3N2O3S. The first kappa shape index (κ1) is 18.2. The smallest absolute Gasteiger partial charge is 0.390 e. The molecule has 0 aliphatic rings. The summed E-state index contributed by atoms with van der Waals surface area (Å²) in [6.45, 7) is -0.554. The van der Waals surface area contributed by atoms with Crippen molar-refractivity contribution in [2.75, 3.05) is 6.54 Å². The van der Waals surface area contributed by atoms with Crippen LogP contribution in [0.5, 0.6) is 5.88 Å². The Labute approximate surface area is 137 Å². The fourth-order valence-corrected chi connectivity index (χ4v) is 2.75. The summed E-state index contributed by atoms with van der Waals surface area (Å²) in [7, 11) is -4.13. The molecule has 1 heterocycles. The maximum atomic E-state index is 12.1. The Morgan fingerprint density at radius 3 is 2.42 bits per heavy atom. The average Bonchev–Trinajstić information content (AvgIpc) is 2.53. The van der Waals surface area contributed by atoms with Gasteiger partial charge in [-0.15, -0.1) is 0 Å². The third-order valence-corrected chi connectivity index (χ3v) is 4.27. The van der Waals surface area contributed by atoms with E-state index in [2.05, 4.69) is 4.98 Å². The van der Waals surface area contributed by atoms with Crippen molar-refractivity contribution in [3.63, 3.8) is 0 Å². The van der Waals surface area contributed by atoms with Crippen molar-refractivity contribution in [3.05, 3.63) is 54.1 Å². The van der Waals surface area contributed by atoms with Gasteiger partial charge in [-0.1, -0.05) is 36.4 Å². The lowest BCUT2D eigenvalue weighted by Crippen LogP contribution is -2.28. The highest BCUT2D eigenvalue weighted by Crippen LogP contribution is 2.19. The van der Waals surface area contributed by atoms with Crippen LogP contribution in [0.3, 0.4) is 0 Å². The van der Waals surface area contributed by atoms with Gasteiger partial charge >= 0.3 is 6.18 Å². The summed E-state index contributed by atoms with van der Waals surface area (Å²) in [5, 5.41) is -0.393. The molecule has 5 nitrogen and oxygen atoms in total. The molecular weight excluding hydrogens is 345 g/mol. The van der Waals surface area contributed by atoms with Crippen LogP contribution in [-0.4, -0.2) is 26.1 Å². The minimum atomic E-state index is -4.43. The SMILES string of the molecule is O=S(=O)(NCCC(F)(F)F)c1cccc(OCc2ccccc2)n1. The van der Waals surface area contributed by atoms with Gasteiger partial charge in [0.2, 0.25) is 5.88 Å². The van der Waals surface area contributed by atoms with E-state index in [1.807, 2.05) is 35.1 Å². The van der Waals surface area contributed by atoms with Gasteiger partial charge in [-0.05, 0) is 11.6 Å². The van der Waals surface area contributed by atoms with Crippen LogP contribution in [0.2, 0.25) is 0 Å². The second-order valence-corrected chi connectivity index (χ2v) is 6.57. The number of hydrogen-bond acceptors (Lipinski definition) is 4. The van der Waals surface area contributed by atoms with Crippen LogP contribution in [0, 0.1) is 0 Å². The normalized spacial score (nSPS) is 12.1. The zero-order valence-corrected chi connectivity index (χ0v) is 13.3. The number of hydrogen-bond donors (Lipinski definition) is 1. The minimum absolute atomic E-state index is 0.0672. The molecule has 9 heteroatoms. The number of halogens is 3. The van der Waals surface area contributed by atoms with Crippen molar-refractivity contribution in [3.8, 4) is 5.88 Å². The van der Waals surface area contributed by atoms with Crippen LogP contribution in [0.4, 0.5) is 13.2 Å². The largest absolute Gasteiger partial charge is 0.473 e. The fraction of sp³-hybridized carbons (Fsp3) is 0.267. The van der Waals surface area contributed by atoms with Crippen molar-refractivity contribution >= 4 is 10.0 Å². The van der Waals surface area contributed by atoms with Gasteiger partial charge in [-0.2, -0.15) is 13.2 Å². The van der Waals surface area contributed by atoms with Gasteiger partial charge in [0.05, 0.1) is 6.42 Å². The number of benzene rings is 1. The minimum Gasteiger partial charge on any atom is -0.473 e. The molecule has 0 aliphatic heterocycles. The molecule has 2 aromatic rings. The molecule has 2 rings (SSSR count). The predicted octanol–water partition coefficient (Wildman–Crippen LogP) is 2.89. The second kappa shape index (κ2) is 7.63. The van der Waals surface area contributed by atoms with E-state index in [-0.39, 0.29) is 12.5 Å². The molecule has 0 atom stereocenters. The van der Waals surface area contributed by atoms with Crippen LogP contribution in [0.15, 0.2) is 53.6 Å². The molecule has 24 heavy (non-hydrogen) atoms. The second-order valence-electron chi connectivity index (χ2n) is 4.85. The molecule has 0 saturated carbocycles. The molecule has 0 unspecified atom stereocenters. The van der Waals surface area contributed by atoms with Gasteiger partial charge < -0.3 is 4.74 Å². The first-order valence-corrected chi connectivity index (χ1v) is 8.45. The number of nitrogens with one attached hydrogen (secondary N) is 1. The highest BCUT2D eigenvalue weighted by atomic mass is 32.2. The van der Waals surface area contributed by atoms with Gasteiger partial charge in [-0.3, -0.25) is 0 Å². The summed E-state index contributed by atoms with van der Waals surface area (Å²) in [6.07, 6.45) is -5.69. The van der Waals surface area contributed by atoms with E-state index >= 15 is 0 Å². The lowest BCUT2D eigenvalue weighted by molar-refractivity contribution is -0.132. The summed E-state index contributed by atoms with van der Waals surface area (Å²) in [4.78, 5) is 3.82. The monoisotopic (exact) mass is 360 g/mol. The van der Waals surface area contributed by atoms with Crippen molar-refractivity contribution in [1.29, 1.82) is 0 Å². The molecule has 1 aromatic carbocycles. The molecule has 0 bridgehead atoms. The Balaban J connectivity index is 2.00. The first-order valence-electron chi connectivity index (χ1n) is 6.96. The number of alkyl halides is 3. The van der Waals surface area contributed by atoms with Gasteiger partial charge in [0.1, 0.15) is 6.61 Å². The van der Waals surface area contributed by atoms with E-state index in [0.717, 1.165) is 5.56 Å². The third-order valence-electron chi connectivity index (χ3n) is 2.90. The maximum absolute atomic E-state index is 12.1. The van der Waals surface area contributed by atoms with Gasteiger partial charge in [0.25, 0.3) is 10.0 Å². The summed E-state index contributed by atoms with van der Waals surface area (Å²) >= 11 is 0. The number of ether oxygens (including phenoxy) is 1. The highest BCUT2D eigenvalue weighted by Gasteiger charge is 2.27. The molecule has 1 N–H and O–H groups in total. The van der Waals surface area contributed by atoms with E-state index < -0.39 is 34.2 Å². The summed E-state index contributed by atoms with van der Waals surface area (Å²) in [5.74, 6) is 0.0672. The van der Waals surface area contributed by atoms with E-state index in [9.17, 15) is 21.6 Å². The quantitative estimate of drug-likeness (QED) is 0.824. The van der Waals surface area contributed by atoms with E-state index in [1.54, 1.807) is 0 Å². The first-order chi connectivity index (χ1) is 11.3. The number of rotatable bonds is 7. The highest BCUT2D eigenvalue weighted by molar-refractivity contribution is 7.89. The Bertz CT molecular complexity index is 765. The lowest BCUT2D eigenvalue weighted by atomic mass is 10.2. The van der Waals surface area contributed by atoms with Crippen molar-refractivity contribution < 1.29 is 26.3 Å². The van der Waals surface area contributed by atoms with Crippen LogP contribution in [-0.2, 0) is 16.6 Å². The number of sulfonamides is 1. The molecule has 130 valence electrons. The van der Waals surface area contributed by atoms with E-state index in [0.29, 0.717) is 0 Å². The Kier molecular flexibility index (Phi) is 5.79. The zero-order valence-electron chi connectivity index (χ0n) is 12.5. The maximum Gasteiger partial charge on any atom is 0.390 e. The Morgan fingerprint density at radius 2 is 1.75 bits per heavy atom. The molecule has 0 aliphatic carbocycles. The van der Waals surface area contributed by atoms with Gasteiger partial charge in [0, 0.05) is 12.6 Å². The van der Waals surface area contributed by atoms with E-state index in [4.69, 9.17) is 4.74 Å². The number of aromatic nitrogens is 1. The Morgan fingerprint density at radius 1 is 1.04 bits per heavy atom. The third kappa shape index (κ3) is 5.82. The topological polar surface area (TPSA) is 68.3 Å². The molecule has 0 saturated heterocycles. The summed E-state index contributed by atoms with van der Waals surface area (Å²) < 4.78 is 67.4. The fourth-order valence-electron chi connectivity index (χ4n) is 1.76. The van der Waals surface area contributed by atoms with Crippen molar-refractivity contribution in [2.45, 2.75) is 24.2 Å². The predicted molar refractivity (Wildman–Crippen MR) is 80.9 cm³/mol. The van der Waals surface area contributed by atoms with Crippen LogP contribution >= 0.6 is 0 Å². The van der Waals surface area contributed by atoms with Gasteiger partial charge in [-0.25, -0.2) is 18.1 Å². The zero-order chi connectivity index (χ0) is 17.6. The van der Waals surface area contributed by atoms with Crippen LogP contribution in [0.25, 0.3) is 0 Å². The summed E-state index contributed by atoms with van der Waals surface area (Å²) in [6, 6.07) is 13.2. The number of pyridine rings is 1. The molecule has 0 fully saturated rings. The Hall–Kier alpha value is -2.13. The average molecular weight is 360 g/mol. The van der Waals surface area contributed by atoms with Crippen LogP contribution < -0.4 is 9.46 Å². The lowest BCUT2D eigenvalue weighted by Gasteiger charge is -2.10. The van der Waals surface area contributed by atoms with Gasteiger partial charge in [0.15, 0.2) is 5.03 Å². The molecule has 0 amide bonds. The summed E-state index contributed by atoms with van der Waals surface area (Å²) in [5.41, 5.74) is 0.871.